The van der Waals surface area contributed by atoms with E-state index < -0.39 is 0 Å². The van der Waals surface area contributed by atoms with Gasteiger partial charge in [-0.15, -0.1) is 0 Å². The topological polar surface area (TPSA) is 62.7 Å². The Morgan fingerprint density at radius 3 is 2.81 bits per heavy atom. The first-order valence-corrected chi connectivity index (χ1v) is 9.03. The first-order valence-electron chi connectivity index (χ1n) is 9.03. The van der Waals surface area contributed by atoms with E-state index in [9.17, 15) is 4.79 Å². The third-order valence-corrected chi connectivity index (χ3v) is 4.62. The van der Waals surface area contributed by atoms with Gasteiger partial charge in [-0.2, -0.15) is 0 Å². The number of pyridine rings is 1. The van der Waals surface area contributed by atoms with Crippen LogP contribution in [0.5, 0.6) is 0 Å². The Labute approximate surface area is 151 Å². The molecule has 4 rings (SSSR count). The number of hydrogen-bond donors (Lipinski definition) is 2. The van der Waals surface area contributed by atoms with E-state index in [0.29, 0.717) is 11.2 Å². The highest BCUT2D eigenvalue weighted by Crippen LogP contribution is 2.26. The van der Waals surface area contributed by atoms with E-state index >= 15 is 0 Å². The van der Waals surface area contributed by atoms with Gasteiger partial charge in [0.1, 0.15) is 11.2 Å². The van der Waals surface area contributed by atoms with E-state index in [0.717, 1.165) is 47.1 Å². The molecule has 0 unspecified atom stereocenters. The van der Waals surface area contributed by atoms with Gasteiger partial charge in [-0.25, -0.2) is 9.67 Å². The molecule has 2 aromatic heterocycles. The summed E-state index contributed by atoms with van der Waals surface area (Å²) in [6, 6.07) is 15.8. The highest BCUT2D eigenvalue weighted by atomic mass is 16.1. The molecular weight excluding hydrogens is 324 g/mol. The predicted molar refractivity (Wildman–Crippen MR) is 107 cm³/mol. The average Bonchev–Trinajstić information content (AvgIpc) is 3.00. The lowest BCUT2D eigenvalue weighted by Gasteiger charge is -2.07. The van der Waals surface area contributed by atoms with Crippen LogP contribution in [0.4, 0.5) is 5.82 Å². The number of nitrogens with zero attached hydrogens (tertiary/aromatic N) is 2. The fourth-order valence-corrected chi connectivity index (χ4v) is 3.27. The molecule has 2 aromatic carbocycles. The molecule has 5 nitrogen and oxygen atoms in total. The number of rotatable bonds is 5. The Morgan fingerprint density at radius 1 is 1.15 bits per heavy atom. The van der Waals surface area contributed by atoms with Crippen LogP contribution in [0.2, 0.25) is 0 Å². The van der Waals surface area contributed by atoms with Crippen LogP contribution in [0.1, 0.15) is 25.3 Å². The van der Waals surface area contributed by atoms with E-state index in [2.05, 4.69) is 17.3 Å². The Morgan fingerprint density at radius 2 is 2.00 bits per heavy atom. The number of fused-ring (bicyclic) bond motifs is 3. The third kappa shape index (κ3) is 2.75. The number of hydrogen-bond acceptors (Lipinski definition) is 3. The molecule has 2 N–H and O–H groups in total. The number of aromatic nitrogens is 3. The molecule has 26 heavy (non-hydrogen) atoms. The van der Waals surface area contributed by atoms with Crippen LogP contribution in [-0.2, 0) is 0 Å². The van der Waals surface area contributed by atoms with E-state index in [4.69, 9.17) is 4.98 Å². The molecule has 0 fully saturated rings. The first kappa shape index (κ1) is 16.4. The van der Waals surface area contributed by atoms with E-state index in [1.165, 1.54) is 0 Å². The zero-order valence-corrected chi connectivity index (χ0v) is 15.0. The van der Waals surface area contributed by atoms with Gasteiger partial charge in [0.05, 0.1) is 16.7 Å². The minimum Gasteiger partial charge on any atom is -0.369 e. The SMILES string of the molecule is CCCCNc1nc2ccccc2c2[nH]n(-c3cccc(C)c3)c(=O)c12. The summed E-state index contributed by atoms with van der Waals surface area (Å²) in [6.45, 7) is 4.96. The normalized spacial score (nSPS) is 11.3. The van der Waals surface area contributed by atoms with E-state index in [-0.39, 0.29) is 5.56 Å². The number of unbranched alkanes of at least 4 members (excludes halogenated alkanes) is 1. The first-order chi connectivity index (χ1) is 12.7. The maximum Gasteiger partial charge on any atom is 0.282 e. The van der Waals surface area contributed by atoms with Crippen molar-refractivity contribution in [2.24, 2.45) is 0 Å². The van der Waals surface area contributed by atoms with Crippen LogP contribution in [0.15, 0.2) is 53.3 Å². The Hall–Kier alpha value is -3.08. The van der Waals surface area contributed by atoms with Gasteiger partial charge in [0.15, 0.2) is 0 Å². The lowest BCUT2D eigenvalue weighted by Crippen LogP contribution is -2.15. The van der Waals surface area contributed by atoms with Gasteiger partial charge < -0.3 is 5.32 Å². The summed E-state index contributed by atoms with van der Waals surface area (Å²) in [7, 11) is 0. The number of aromatic amines is 1. The summed E-state index contributed by atoms with van der Waals surface area (Å²) >= 11 is 0. The van der Waals surface area contributed by atoms with Crippen LogP contribution in [0.25, 0.3) is 27.5 Å². The van der Waals surface area contributed by atoms with E-state index in [1.807, 2.05) is 55.5 Å². The summed E-state index contributed by atoms with van der Waals surface area (Å²) in [5.41, 5.74) is 3.55. The van der Waals surface area contributed by atoms with Crippen molar-refractivity contribution in [3.8, 4) is 5.69 Å². The molecule has 0 aliphatic carbocycles. The van der Waals surface area contributed by atoms with Crippen molar-refractivity contribution in [2.45, 2.75) is 26.7 Å². The molecule has 0 radical (unpaired) electrons. The average molecular weight is 346 g/mol. The van der Waals surface area contributed by atoms with Gasteiger partial charge in [0, 0.05) is 11.9 Å². The van der Waals surface area contributed by atoms with Gasteiger partial charge in [-0.3, -0.25) is 9.89 Å². The van der Waals surface area contributed by atoms with Gasteiger partial charge >= 0.3 is 0 Å². The van der Waals surface area contributed by atoms with Crippen molar-refractivity contribution in [2.75, 3.05) is 11.9 Å². The van der Waals surface area contributed by atoms with Crippen molar-refractivity contribution in [1.29, 1.82) is 0 Å². The zero-order valence-electron chi connectivity index (χ0n) is 15.0. The van der Waals surface area contributed by atoms with Crippen molar-refractivity contribution >= 4 is 27.6 Å². The number of benzene rings is 2. The fraction of sp³-hybridized carbons (Fsp3) is 0.238. The molecule has 132 valence electrons. The molecule has 0 aliphatic rings. The largest absolute Gasteiger partial charge is 0.369 e. The van der Waals surface area contributed by atoms with Gasteiger partial charge in [-0.05, 0) is 37.1 Å². The molecule has 0 atom stereocenters. The highest BCUT2D eigenvalue weighted by Gasteiger charge is 2.17. The molecule has 2 heterocycles. The Bertz CT molecular complexity index is 1140. The number of anilines is 1. The fourth-order valence-electron chi connectivity index (χ4n) is 3.27. The van der Waals surface area contributed by atoms with Gasteiger partial charge in [-0.1, -0.05) is 43.7 Å². The summed E-state index contributed by atoms with van der Waals surface area (Å²) in [4.78, 5) is 17.9. The molecule has 0 amide bonds. The minimum atomic E-state index is -0.0807. The van der Waals surface area contributed by atoms with Gasteiger partial charge in [0.2, 0.25) is 0 Å². The van der Waals surface area contributed by atoms with Crippen molar-refractivity contribution in [3.63, 3.8) is 0 Å². The molecule has 0 bridgehead atoms. The van der Waals surface area contributed by atoms with E-state index in [1.54, 1.807) is 4.68 Å². The lowest BCUT2D eigenvalue weighted by atomic mass is 10.1. The summed E-state index contributed by atoms with van der Waals surface area (Å²) in [5, 5.41) is 8.22. The monoisotopic (exact) mass is 346 g/mol. The Balaban J connectivity index is 1.99. The quantitative estimate of drug-likeness (QED) is 0.527. The van der Waals surface area contributed by atoms with Crippen LogP contribution >= 0.6 is 0 Å². The smallest absolute Gasteiger partial charge is 0.282 e. The predicted octanol–water partition coefficient (Wildman–Crippen LogP) is 4.39. The molecule has 5 heteroatoms. The number of nitrogens with one attached hydrogen (secondary N) is 2. The minimum absolute atomic E-state index is 0.0807. The maximum atomic E-state index is 13.2. The van der Waals surface area contributed by atoms with Crippen molar-refractivity contribution in [3.05, 3.63) is 64.4 Å². The van der Waals surface area contributed by atoms with Crippen molar-refractivity contribution < 1.29 is 0 Å². The molecule has 0 saturated heterocycles. The van der Waals surface area contributed by atoms with Crippen molar-refractivity contribution in [1.82, 2.24) is 14.8 Å². The van der Waals surface area contributed by atoms with Crippen LogP contribution in [0.3, 0.4) is 0 Å². The van der Waals surface area contributed by atoms with Gasteiger partial charge in [0.25, 0.3) is 5.56 Å². The second-order valence-corrected chi connectivity index (χ2v) is 6.60. The molecule has 0 spiro atoms. The highest BCUT2D eigenvalue weighted by molar-refractivity contribution is 6.07. The second-order valence-electron chi connectivity index (χ2n) is 6.60. The zero-order chi connectivity index (χ0) is 18.1. The second kappa shape index (κ2) is 6.67. The standard InChI is InChI=1S/C21H22N4O/c1-3-4-12-22-20-18-19(16-10-5-6-11-17(16)23-20)24-25(21(18)26)15-9-7-8-14(2)13-15/h5-11,13,24H,3-4,12H2,1-2H3,(H,22,23). The molecule has 4 aromatic rings. The lowest BCUT2D eigenvalue weighted by molar-refractivity contribution is 0.832. The molecular formula is C21H22N4O. The maximum absolute atomic E-state index is 13.2. The number of para-hydroxylation sites is 1. The number of aryl methyl sites for hydroxylation is 1. The third-order valence-electron chi connectivity index (χ3n) is 4.62. The van der Waals surface area contributed by atoms with Crippen LogP contribution in [0, 0.1) is 6.92 Å². The number of H-pyrrole nitrogens is 1. The summed E-state index contributed by atoms with van der Waals surface area (Å²) in [5.74, 6) is 0.653. The van der Waals surface area contributed by atoms with Crippen LogP contribution < -0.4 is 10.9 Å². The summed E-state index contributed by atoms with van der Waals surface area (Å²) < 4.78 is 1.61. The molecule has 0 saturated carbocycles. The van der Waals surface area contributed by atoms with Crippen LogP contribution in [-0.4, -0.2) is 21.3 Å². The summed E-state index contributed by atoms with van der Waals surface area (Å²) in [6.07, 6.45) is 2.12. The molecule has 0 aliphatic heterocycles. The Kier molecular flexibility index (Phi) is 4.21.